The van der Waals surface area contributed by atoms with Gasteiger partial charge in [0.2, 0.25) is 0 Å². The first-order valence-electron chi connectivity index (χ1n) is 3.79. The Morgan fingerprint density at radius 2 is 2.14 bits per heavy atom. The maximum Gasteiger partial charge on any atom is 0.251 e. The van der Waals surface area contributed by atoms with Gasteiger partial charge in [0.25, 0.3) is 9.26 Å². The first-order valence-corrected chi connectivity index (χ1v) is 6.60. The van der Waals surface area contributed by atoms with E-state index in [0.29, 0.717) is 9.94 Å². The fraction of sp³-hybridized carbons (Fsp3) is 0.125. The summed E-state index contributed by atoms with van der Waals surface area (Å²) >= 11 is 0. The van der Waals surface area contributed by atoms with Gasteiger partial charge in [0.1, 0.15) is 11.5 Å². The molecule has 0 radical (unpaired) electrons. The SMILES string of the molecule is CC1=Nc2c(F)cccc2S1=S(=O)=O. The van der Waals surface area contributed by atoms with Crippen LogP contribution in [0.1, 0.15) is 6.92 Å². The molecule has 0 saturated carbocycles. The van der Waals surface area contributed by atoms with E-state index in [1.165, 1.54) is 12.1 Å². The van der Waals surface area contributed by atoms with Crippen LogP contribution in [-0.4, -0.2) is 13.5 Å². The monoisotopic (exact) mass is 231 g/mol. The van der Waals surface area contributed by atoms with Crippen LogP contribution in [0.4, 0.5) is 10.1 Å². The number of nitrogens with zero attached hydrogens (tertiary/aromatic N) is 1. The van der Waals surface area contributed by atoms with Crippen LogP contribution in [0.3, 0.4) is 0 Å². The van der Waals surface area contributed by atoms with Crippen LogP contribution in [0.15, 0.2) is 28.1 Å². The van der Waals surface area contributed by atoms with Gasteiger partial charge >= 0.3 is 0 Å². The molecule has 0 amide bonds. The van der Waals surface area contributed by atoms with Crippen molar-refractivity contribution in [1.29, 1.82) is 0 Å². The third-order valence-electron chi connectivity index (χ3n) is 1.82. The molecule has 6 heteroatoms. The molecule has 1 aromatic carbocycles. The van der Waals surface area contributed by atoms with Crippen molar-refractivity contribution in [2.24, 2.45) is 4.99 Å². The van der Waals surface area contributed by atoms with E-state index in [2.05, 4.69) is 4.99 Å². The number of benzene rings is 1. The van der Waals surface area contributed by atoms with Crippen molar-refractivity contribution < 1.29 is 12.8 Å². The lowest BCUT2D eigenvalue weighted by Crippen LogP contribution is -1.97. The van der Waals surface area contributed by atoms with E-state index in [4.69, 9.17) is 0 Å². The quantitative estimate of drug-likeness (QED) is 0.681. The van der Waals surface area contributed by atoms with Gasteiger partial charge in [-0.3, -0.25) is 0 Å². The van der Waals surface area contributed by atoms with Crippen molar-refractivity contribution in [3.8, 4) is 0 Å². The summed E-state index contributed by atoms with van der Waals surface area (Å²) in [5, 5.41) is 0.443. The van der Waals surface area contributed by atoms with Gasteiger partial charge in [0.15, 0.2) is 0 Å². The van der Waals surface area contributed by atoms with Crippen LogP contribution in [0.25, 0.3) is 0 Å². The normalized spacial score (nSPS) is 19.0. The van der Waals surface area contributed by atoms with Crippen molar-refractivity contribution in [2.45, 2.75) is 11.8 Å². The summed E-state index contributed by atoms with van der Waals surface area (Å²) < 4.78 is 35.0. The minimum absolute atomic E-state index is 0.164. The van der Waals surface area contributed by atoms with Crippen LogP contribution < -0.4 is 0 Å². The zero-order valence-corrected chi connectivity index (χ0v) is 8.82. The highest BCUT2D eigenvalue weighted by Crippen LogP contribution is 2.33. The van der Waals surface area contributed by atoms with Crippen LogP contribution in [0, 0.1) is 5.82 Å². The Bertz CT molecular complexity index is 567. The summed E-state index contributed by atoms with van der Waals surface area (Å²) in [5.41, 5.74) is 0.164. The fourth-order valence-electron chi connectivity index (χ4n) is 1.28. The predicted molar refractivity (Wildman–Crippen MR) is 53.7 cm³/mol. The Hall–Kier alpha value is -1.01. The molecule has 1 heterocycles. The maximum atomic E-state index is 13.2. The van der Waals surface area contributed by atoms with Crippen LogP contribution >= 0.6 is 0 Å². The average Bonchev–Trinajstić information content (AvgIpc) is 2.42. The van der Waals surface area contributed by atoms with Gasteiger partial charge in [-0.1, -0.05) is 6.07 Å². The average molecular weight is 231 g/mol. The van der Waals surface area contributed by atoms with Crippen LogP contribution in [0.2, 0.25) is 0 Å². The van der Waals surface area contributed by atoms with Crippen molar-refractivity contribution in [1.82, 2.24) is 0 Å². The Kier molecular flexibility index (Phi) is 2.24. The highest BCUT2D eigenvalue weighted by molar-refractivity contribution is 8.42. The summed E-state index contributed by atoms with van der Waals surface area (Å²) in [6, 6.07) is 4.36. The zero-order chi connectivity index (χ0) is 10.3. The molecule has 2 rings (SSSR count). The maximum absolute atomic E-state index is 13.2. The number of aliphatic imine (C=N–C) groups is 1. The topological polar surface area (TPSA) is 46.5 Å². The van der Waals surface area contributed by atoms with Crippen molar-refractivity contribution >= 4 is 29.4 Å². The number of rotatable bonds is 0. The van der Waals surface area contributed by atoms with Gasteiger partial charge in [-0.05, 0) is 19.1 Å². The fourth-order valence-corrected chi connectivity index (χ4v) is 4.19. The third kappa shape index (κ3) is 1.31. The highest BCUT2D eigenvalue weighted by Gasteiger charge is 2.21. The number of hydrogen-bond donors (Lipinski definition) is 0. The summed E-state index contributed by atoms with van der Waals surface area (Å²) in [7, 11) is -3.34. The lowest BCUT2D eigenvalue weighted by Gasteiger charge is -1.96. The first kappa shape index (κ1) is 9.54. The van der Waals surface area contributed by atoms with Crippen LogP contribution in [0.5, 0.6) is 0 Å². The minimum Gasteiger partial charge on any atom is -0.242 e. The van der Waals surface area contributed by atoms with Gasteiger partial charge < -0.3 is 0 Å². The lowest BCUT2D eigenvalue weighted by molar-refractivity contribution is 0.627. The highest BCUT2D eigenvalue weighted by atomic mass is 32.9. The molecule has 0 aliphatic carbocycles. The molecule has 1 aromatic rings. The standard InChI is InChI=1S/C8H6FNO2S2/c1-5-10-8-6(9)3-2-4-7(8)13(5)14(11)12/h2-4H,1H3. The lowest BCUT2D eigenvalue weighted by atomic mass is 10.3. The molecule has 0 fully saturated rings. The smallest absolute Gasteiger partial charge is 0.242 e. The van der Waals surface area contributed by atoms with Gasteiger partial charge in [-0.25, -0.2) is 9.38 Å². The van der Waals surface area contributed by atoms with E-state index >= 15 is 0 Å². The van der Waals surface area contributed by atoms with Crippen molar-refractivity contribution in [2.75, 3.05) is 0 Å². The Morgan fingerprint density at radius 3 is 2.79 bits per heavy atom. The minimum atomic E-state index is -2.26. The second-order valence-electron chi connectivity index (χ2n) is 2.69. The summed E-state index contributed by atoms with van der Waals surface area (Å²) in [6.07, 6.45) is 0. The number of para-hydroxylation sites is 1. The van der Waals surface area contributed by atoms with Gasteiger partial charge in [-0.15, -0.1) is 0 Å². The third-order valence-corrected chi connectivity index (χ3v) is 5.53. The molecular formula is C8H6FNO2S2. The Morgan fingerprint density at radius 1 is 1.43 bits per heavy atom. The molecule has 3 nitrogen and oxygen atoms in total. The molecule has 0 spiro atoms. The number of fused-ring (bicyclic) bond motifs is 1. The van der Waals surface area contributed by atoms with E-state index < -0.39 is 24.5 Å². The van der Waals surface area contributed by atoms with Crippen molar-refractivity contribution in [3.63, 3.8) is 0 Å². The second kappa shape index (κ2) is 3.29. The molecule has 14 heavy (non-hydrogen) atoms. The Balaban J connectivity index is 2.88. The van der Waals surface area contributed by atoms with Crippen molar-refractivity contribution in [3.05, 3.63) is 24.0 Å². The van der Waals surface area contributed by atoms with E-state index in [1.54, 1.807) is 13.0 Å². The van der Waals surface area contributed by atoms with E-state index in [9.17, 15) is 12.8 Å². The molecule has 74 valence electrons. The Labute approximate surface area is 83.4 Å². The first-order chi connectivity index (χ1) is 6.61. The van der Waals surface area contributed by atoms with E-state index in [0.717, 1.165) is 0 Å². The summed E-state index contributed by atoms with van der Waals surface area (Å²) in [5.74, 6) is -0.470. The van der Waals surface area contributed by atoms with Crippen LogP contribution in [-0.2, 0) is 18.7 Å². The van der Waals surface area contributed by atoms with Gasteiger partial charge in [0, 0.05) is 9.45 Å². The van der Waals surface area contributed by atoms with Gasteiger partial charge in [-0.2, -0.15) is 8.42 Å². The van der Waals surface area contributed by atoms with E-state index in [-0.39, 0.29) is 5.69 Å². The molecule has 0 N–H and O–H groups in total. The largest absolute Gasteiger partial charge is 0.251 e. The number of halogens is 1. The zero-order valence-electron chi connectivity index (χ0n) is 7.19. The summed E-state index contributed by atoms with van der Waals surface area (Å²) in [4.78, 5) is 4.37. The molecule has 0 bridgehead atoms. The molecule has 0 saturated heterocycles. The second-order valence-corrected chi connectivity index (χ2v) is 6.48. The molecule has 1 unspecified atom stereocenters. The predicted octanol–water partition coefficient (Wildman–Crippen LogP) is 1.66. The molecule has 0 aromatic heterocycles. The number of hydrogen-bond acceptors (Lipinski definition) is 3. The van der Waals surface area contributed by atoms with Gasteiger partial charge in [0.05, 0.1) is 9.94 Å². The van der Waals surface area contributed by atoms with E-state index in [1.807, 2.05) is 0 Å². The molecule has 1 aliphatic rings. The molecule has 1 aliphatic heterocycles. The summed E-state index contributed by atoms with van der Waals surface area (Å²) in [6.45, 7) is 1.60. The molecular weight excluding hydrogens is 225 g/mol. The molecule has 1 atom stereocenters.